The maximum absolute atomic E-state index is 10.0. The molecule has 7 heteroatoms. The maximum Gasteiger partial charge on any atom is 0.161 e. The van der Waals surface area contributed by atoms with Crippen molar-refractivity contribution in [3.05, 3.63) is 71.0 Å². The normalized spacial score (nSPS) is 19.2. The van der Waals surface area contributed by atoms with Gasteiger partial charge in [-0.2, -0.15) is 5.10 Å². The summed E-state index contributed by atoms with van der Waals surface area (Å²) in [6.45, 7) is 6.08. The first-order valence-corrected chi connectivity index (χ1v) is 10.8. The summed E-state index contributed by atoms with van der Waals surface area (Å²) < 4.78 is 18.8. The van der Waals surface area contributed by atoms with Crippen LogP contribution < -0.4 is 9.47 Å². The largest absolute Gasteiger partial charge is 0.493 e. The first-order valence-electron chi connectivity index (χ1n) is 10.8. The highest BCUT2D eigenvalue weighted by Crippen LogP contribution is 2.36. The SMILES string of the molecule is COc1ccc([C@@H]2[C@@H](CO)OCCN2Cc2cccc(-n3nc(C)cc3C)c2)cc1OC. The second-order valence-electron chi connectivity index (χ2n) is 8.13. The lowest BCUT2D eigenvalue weighted by molar-refractivity contribution is -0.0961. The van der Waals surface area contributed by atoms with Crippen LogP contribution in [0.25, 0.3) is 5.69 Å². The Bertz CT molecular complexity index is 1070. The van der Waals surface area contributed by atoms with Crippen LogP contribution in [0.5, 0.6) is 11.5 Å². The van der Waals surface area contributed by atoms with Crippen molar-refractivity contribution in [2.24, 2.45) is 0 Å². The van der Waals surface area contributed by atoms with E-state index in [-0.39, 0.29) is 18.8 Å². The molecule has 0 unspecified atom stereocenters. The minimum absolute atomic E-state index is 0.0543. The highest BCUT2D eigenvalue weighted by Gasteiger charge is 2.34. The molecule has 0 spiro atoms. The average Bonchev–Trinajstić information content (AvgIpc) is 3.16. The van der Waals surface area contributed by atoms with Crippen molar-refractivity contribution in [2.75, 3.05) is 34.0 Å². The lowest BCUT2D eigenvalue weighted by Crippen LogP contribution is -2.46. The van der Waals surface area contributed by atoms with Crippen molar-refractivity contribution in [3.63, 3.8) is 0 Å². The second kappa shape index (κ2) is 9.73. The zero-order chi connectivity index (χ0) is 22.7. The molecule has 1 aromatic heterocycles. The molecule has 170 valence electrons. The molecule has 1 N–H and O–H groups in total. The van der Waals surface area contributed by atoms with E-state index in [4.69, 9.17) is 14.2 Å². The van der Waals surface area contributed by atoms with Gasteiger partial charge in [0.2, 0.25) is 0 Å². The summed E-state index contributed by atoms with van der Waals surface area (Å²) in [5, 5.41) is 14.7. The van der Waals surface area contributed by atoms with Gasteiger partial charge in [0.05, 0.1) is 44.9 Å². The van der Waals surface area contributed by atoms with E-state index in [0.29, 0.717) is 18.1 Å². The number of hydrogen-bond acceptors (Lipinski definition) is 6. The molecule has 2 atom stereocenters. The Labute approximate surface area is 189 Å². The Hall–Kier alpha value is -2.87. The Kier molecular flexibility index (Phi) is 6.79. The van der Waals surface area contributed by atoms with Crippen molar-refractivity contribution < 1.29 is 19.3 Å². The van der Waals surface area contributed by atoms with E-state index in [1.54, 1.807) is 14.2 Å². The minimum atomic E-state index is -0.318. The zero-order valence-corrected chi connectivity index (χ0v) is 19.1. The van der Waals surface area contributed by atoms with Crippen molar-refractivity contribution in [3.8, 4) is 17.2 Å². The molecule has 0 saturated carbocycles. The third-order valence-electron chi connectivity index (χ3n) is 5.94. The molecular weight excluding hydrogens is 406 g/mol. The Morgan fingerprint density at radius 1 is 1.06 bits per heavy atom. The van der Waals surface area contributed by atoms with Crippen LogP contribution in [0.4, 0.5) is 0 Å². The predicted molar refractivity (Wildman–Crippen MR) is 123 cm³/mol. The summed E-state index contributed by atoms with van der Waals surface area (Å²) in [6, 6.07) is 16.3. The van der Waals surface area contributed by atoms with Crippen LogP contribution in [0, 0.1) is 13.8 Å². The number of methoxy groups -OCH3 is 2. The third kappa shape index (κ3) is 4.50. The summed E-state index contributed by atoms with van der Waals surface area (Å²) in [6.07, 6.45) is -0.318. The van der Waals surface area contributed by atoms with E-state index in [1.807, 2.05) is 29.8 Å². The van der Waals surface area contributed by atoms with Gasteiger partial charge in [0.15, 0.2) is 11.5 Å². The molecule has 2 heterocycles. The molecule has 0 amide bonds. The van der Waals surface area contributed by atoms with E-state index in [0.717, 1.165) is 35.7 Å². The molecule has 1 aliphatic rings. The van der Waals surface area contributed by atoms with Gasteiger partial charge in [-0.1, -0.05) is 18.2 Å². The summed E-state index contributed by atoms with van der Waals surface area (Å²) >= 11 is 0. The van der Waals surface area contributed by atoms with E-state index >= 15 is 0 Å². The van der Waals surface area contributed by atoms with Gasteiger partial charge in [-0.05, 0) is 55.3 Å². The van der Waals surface area contributed by atoms with E-state index in [1.165, 1.54) is 5.56 Å². The molecule has 2 aromatic carbocycles. The number of ether oxygens (including phenoxy) is 3. The number of aliphatic hydroxyl groups is 1. The van der Waals surface area contributed by atoms with Crippen LogP contribution in [0.2, 0.25) is 0 Å². The van der Waals surface area contributed by atoms with Gasteiger partial charge in [-0.3, -0.25) is 4.90 Å². The first kappa shape index (κ1) is 22.3. The zero-order valence-electron chi connectivity index (χ0n) is 19.1. The lowest BCUT2D eigenvalue weighted by Gasteiger charge is -2.41. The van der Waals surface area contributed by atoms with E-state index in [9.17, 15) is 5.11 Å². The van der Waals surface area contributed by atoms with E-state index < -0.39 is 0 Å². The predicted octanol–water partition coefficient (Wildman–Crippen LogP) is 3.44. The fraction of sp³-hybridized carbons (Fsp3) is 0.400. The van der Waals surface area contributed by atoms with Crippen LogP contribution >= 0.6 is 0 Å². The van der Waals surface area contributed by atoms with E-state index in [2.05, 4.69) is 47.3 Å². The quantitative estimate of drug-likeness (QED) is 0.611. The van der Waals surface area contributed by atoms with Crippen LogP contribution in [0.1, 0.15) is 28.6 Å². The number of nitrogens with zero attached hydrogens (tertiary/aromatic N) is 3. The van der Waals surface area contributed by atoms with Gasteiger partial charge in [0, 0.05) is 18.8 Å². The molecule has 1 fully saturated rings. The Morgan fingerprint density at radius 3 is 2.56 bits per heavy atom. The number of aromatic nitrogens is 2. The van der Waals surface area contributed by atoms with Gasteiger partial charge in [0.25, 0.3) is 0 Å². The number of hydrogen-bond donors (Lipinski definition) is 1. The highest BCUT2D eigenvalue weighted by atomic mass is 16.5. The molecular formula is C25H31N3O4. The molecule has 3 aromatic rings. The molecule has 1 aliphatic heterocycles. The maximum atomic E-state index is 10.0. The fourth-order valence-corrected chi connectivity index (χ4v) is 4.49. The molecule has 7 nitrogen and oxygen atoms in total. The van der Waals surface area contributed by atoms with Gasteiger partial charge in [0.1, 0.15) is 6.10 Å². The van der Waals surface area contributed by atoms with Crippen LogP contribution in [0.3, 0.4) is 0 Å². The fourth-order valence-electron chi connectivity index (χ4n) is 4.49. The summed E-state index contributed by atoms with van der Waals surface area (Å²) in [5.74, 6) is 1.34. The van der Waals surface area contributed by atoms with Crippen molar-refractivity contribution in [1.82, 2.24) is 14.7 Å². The standard InChI is InChI=1S/C25H31N3O4/c1-17-12-18(2)28(26-17)21-7-5-6-19(13-21)15-27-10-11-32-24(16-29)25(27)20-8-9-22(30-3)23(14-20)31-4/h5-9,12-14,24-25,29H,10-11,15-16H2,1-4H3/t24-,25-/m1/s1. The highest BCUT2D eigenvalue weighted by molar-refractivity contribution is 5.44. The molecule has 1 saturated heterocycles. The van der Waals surface area contributed by atoms with Gasteiger partial charge in [-0.15, -0.1) is 0 Å². The number of benzene rings is 2. The number of morpholine rings is 1. The summed E-state index contributed by atoms with van der Waals surface area (Å²) in [4.78, 5) is 2.35. The second-order valence-corrected chi connectivity index (χ2v) is 8.13. The van der Waals surface area contributed by atoms with Crippen LogP contribution in [-0.2, 0) is 11.3 Å². The number of aliphatic hydroxyl groups excluding tert-OH is 1. The van der Waals surface area contributed by atoms with Crippen molar-refractivity contribution in [1.29, 1.82) is 0 Å². The Morgan fingerprint density at radius 2 is 1.88 bits per heavy atom. The smallest absolute Gasteiger partial charge is 0.161 e. The Balaban J connectivity index is 1.64. The molecule has 0 radical (unpaired) electrons. The monoisotopic (exact) mass is 437 g/mol. The van der Waals surface area contributed by atoms with Crippen LogP contribution in [-0.4, -0.2) is 59.9 Å². The first-order chi connectivity index (χ1) is 15.5. The van der Waals surface area contributed by atoms with Crippen molar-refractivity contribution in [2.45, 2.75) is 32.5 Å². The molecule has 4 rings (SSSR count). The molecule has 0 bridgehead atoms. The summed E-state index contributed by atoms with van der Waals surface area (Å²) in [7, 11) is 3.25. The van der Waals surface area contributed by atoms with Gasteiger partial charge >= 0.3 is 0 Å². The van der Waals surface area contributed by atoms with Crippen molar-refractivity contribution >= 4 is 0 Å². The van der Waals surface area contributed by atoms with Crippen LogP contribution in [0.15, 0.2) is 48.5 Å². The third-order valence-corrected chi connectivity index (χ3v) is 5.94. The van der Waals surface area contributed by atoms with Gasteiger partial charge < -0.3 is 19.3 Å². The topological polar surface area (TPSA) is 69.0 Å². The number of rotatable bonds is 7. The lowest BCUT2D eigenvalue weighted by atomic mass is 9.97. The molecule has 32 heavy (non-hydrogen) atoms. The molecule has 0 aliphatic carbocycles. The summed E-state index contributed by atoms with van der Waals surface area (Å²) in [5.41, 5.74) is 5.35. The average molecular weight is 438 g/mol. The number of aryl methyl sites for hydroxylation is 2. The van der Waals surface area contributed by atoms with Gasteiger partial charge in [-0.25, -0.2) is 4.68 Å². The minimum Gasteiger partial charge on any atom is -0.493 e.